The summed E-state index contributed by atoms with van der Waals surface area (Å²) in [6.45, 7) is 2.31. The fourth-order valence-corrected chi connectivity index (χ4v) is 5.40. The highest BCUT2D eigenvalue weighted by Gasteiger charge is 2.32. The van der Waals surface area contributed by atoms with Crippen LogP contribution in [0, 0.1) is 17.7 Å². The van der Waals surface area contributed by atoms with Crippen molar-refractivity contribution in [3.8, 4) is 5.75 Å². The summed E-state index contributed by atoms with van der Waals surface area (Å²) in [5.74, 6) is -0.0704. The molecule has 33 heavy (non-hydrogen) atoms. The van der Waals surface area contributed by atoms with Gasteiger partial charge in [0.05, 0.1) is 18.4 Å². The van der Waals surface area contributed by atoms with Crippen molar-refractivity contribution < 1.29 is 27.1 Å². The van der Waals surface area contributed by atoms with Crippen LogP contribution in [0.5, 0.6) is 5.75 Å². The third kappa shape index (κ3) is 6.64. The average Bonchev–Trinajstić information content (AvgIpc) is 3.49. The minimum absolute atomic E-state index is 0.0407. The first kappa shape index (κ1) is 23.9. The lowest BCUT2D eigenvalue weighted by atomic mass is 9.89. The first-order valence-electron chi connectivity index (χ1n) is 11.5. The zero-order valence-corrected chi connectivity index (χ0v) is 19.3. The maximum atomic E-state index is 14.2. The van der Waals surface area contributed by atoms with Gasteiger partial charge in [0.15, 0.2) is 11.6 Å². The number of nitrogens with one attached hydrogen (secondary N) is 3. The van der Waals surface area contributed by atoms with Crippen molar-refractivity contribution in [3.05, 3.63) is 29.6 Å². The van der Waals surface area contributed by atoms with E-state index in [0.29, 0.717) is 57.0 Å². The first-order valence-corrected chi connectivity index (χ1v) is 13.2. The van der Waals surface area contributed by atoms with E-state index in [-0.39, 0.29) is 29.9 Å². The van der Waals surface area contributed by atoms with E-state index in [1.54, 1.807) is 12.1 Å². The summed E-state index contributed by atoms with van der Waals surface area (Å²) >= 11 is 0. The number of sulfonamides is 1. The summed E-state index contributed by atoms with van der Waals surface area (Å²) in [6.07, 6.45) is 3.87. The smallest absolute Gasteiger partial charge is 0.324 e. The van der Waals surface area contributed by atoms with Gasteiger partial charge in [-0.25, -0.2) is 22.3 Å². The summed E-state index contributed by atoms with van der Waals surface area (Å²) < 4.78 is 48.3. The van der Waals surface area contributed by atoms with E-state index in [0.717, 1.165) is 12.8 Å². The molecule has 3 fully saturated rings. The number of benzene rings is 1. The van der Waals surface area contributed by atoms with Crippen molar-refractivity contribution in [2.45, 2.75) is 38.1 Å². The Morgan fingerprint density at radius 1 is 1.18 bits per heavy atom. The van der Waals surface area contributed by atoms with Crippen molar-refractivity contribution in [2.24, 2.45) is 11.8 Å². The number of carbonyl (C=O) groups is 2. The molecule has 0 unspecified atom stereocenters. The van der Waals surface area contributed by atoms with Gasteiger partial charge in [0.1, 0.15) is 6.54 Å². The number of ether oxygens (including phenoxy) is 1. The predicted octanol–water partition coefficient (Wildman–Crippen LogP) is 1.52. The third-order valence-corrected chi connectivity index (χ3v) is 7.73. The van der Waals surface area contributed by atoms with Crippen molar-refractivity contribution >= 4 is 22.0 Å². The van der Waals surface area contributed by atoms with E-state index in [9.17, 15) is 22.4 Å². The zero-order valence-electron chi connectivity index (χ0n) is 18.5. The molecule has 3 aliphatic rings. The fraction of sp³-hybridized carbons (Fsp3) is 0.636. The summed E-state index contributed by atoms with van der Waals surface area (Å²) in [5, 5.41) is 5.38. The van der Waals surface area contributed by atoms with Gasteiger partial charge in [-0.2, -0.15) is 0 Å². The Kier molecular flexibility index (Phi) is 7.50. The van der Waals surface area contributed by atoms with E-state index in [1.807, 2.05) is 0 Å². The topological polar surface area (TPSA) is 117 Å². The Hall–Kier alpha value is -2.24. The molecule has 0 bridgehead atoms. The maximum Gasteiger partial charge on any atom is 0.324 e. The second-order valence-corrected chi connectivity index (χ2v) is 11.0. The highest BCUT2D eigenvalue weighted by molar-refractivity contribution is 7.89. The van der Waals surface area contributed by atoms with Crippen LogP contribution in [0.1, 0.15) is 43.7 Å². The van der Waals surface area contributed by atoms with E-state index in [4.69, 9.17) is 4.74 Å². The van der Waals surface area contributed by atoms with E-state index >= 15 is 0 Å². The minimum Gasteiger partial charge on any atom is -0.490 e. The quantitative estimate of drug-likeness (QED) is 0.290. The number of rotatable bonds is 13. The lowest BCUT2D eigenvalue weighted by Crippen LogP contribution is -2.50. The van der Waals surface area contributed by atoms with Crippen LogP contribution in [-0.4, -0.2) is 63.8 Å². The van der Waals surface area contributed by atoms with Crippen LogP contribution in [0.4, 0.5) is 9.18 Å². The second kappa shape index (κ2) is 10.4. The molecule has 3 amide bonds. The fourth-order valence-electron chi connectivity index (χ4n) is 3.99. The standard InChI is InChI=1S/C22H31FN4O5S/c23-18-7-6-16(10-19(18)32-14-15-4-5-15)21(17-11-24-12-17)26-33(30,31)9-3-1-2-8-27-13-20(28)25-22(27)29/h6-7,10,15,17,21,24,26H,1-5,8-9,11-14H2,(H,25,28,29)/t21-/m0/s1. The molecule has 11 heteroatoms. The Bertz CT molecular complexity index is 981. The van der Waals surface area contributed by atoms with Crippen molar-refractivity contribution in [3.63, 3.8) is 0 Å². The maximum absolute atomic E-state index is 14.2. The molecule has 0 spiro atoms. The minimum atomic E-state index is -3.57. The Labute approximate surface area is 193 Å². The first-order chi connectivity index (χ1) is 15.8. The number of carbonyl (C=O) groups excluding carboxylic acids is 2. The summed E-state index contributed by atoms with van der Waals surface area (Å²) in [6, 6.07) is 3.72. The van der Waals surface area contributed by atoms with Gasteiger partial charge in [-0.05, 0) is 49.3 Å². The molecule has 1 aromatic carbocycles. The molecule has 2 saturated heterocycles. The molecular weight excluding hydrogens is 451 g/mol. The number of nitrogens with zero attached hydrogens (tertiary/aromatic N) is 1. The number of urea groups is 1. The van der Waals surface area contributed by atoms with Crippen molar-refractivity contribution in [1.82, 2.24) is 20.3 Å². The largest absolute Gasteiger partial charge is 0.490 e. The molecule has 4 rings (SSSR count). The molecule has 0 aromatic heterocycles. The van der Waals surface area contributed by atoms with Gasteiger partial charge in [-0.15, -0.1) is 0 Å². The number of amides is 3. The van der Waals surface area contributed by atoms with Crippen LogP contribution in [0.3, 0.4) is 0 Å². The van der Waals surface area contributed by atoms with Gasteiger partial charge in [0.25, 0.3) is 0 Å². The molecule has 1 aliphatic carbocycles. The number of hydrogen-bond acceptors (Lipinski definition) is 6. The van der Waals surface area contributed by atoms with Crippen LogP contribution < -0.4 is 20.1 Å². The highest BCUT2D eigenvalue weighted by atomic mass is 32.2. The van der Waals surface area contributed by atoms with Gasteiger partial charge in [-0.3, -0.25) is 10.1 Å². The molecule has 1 atom stereocenters. The predicted molar refractivity (Wildman–Crippen MR) is 120 cm³/mol. The van der Waals surface area contributed by atoms with Crippen LogP contribution >= 0.6 is 0 Å². The van der Waals surface area contributed by atoms with Crippen molar-refractivity contribution in [1.29, 1.82) is 0 Å². The Morgan fingerprint density at radius 2 is 1.97 bits per heavy atom. The highest BCUT2D eigenvalue weighted by Crippen LogP contribution is 2.33. The molecule has 9 nitrogen and oxygen atoms in total. The monoisotopic (exact) mass is 482 g/mol. The molecular formula is C22H31FN4O5S. The van der Waals surface area contributed by atoms with Crippen LogP contribution in [0.15, 0.2) is 18.2 Å². The Morgan fingerprint density at radius 3 is 2.61 bits per heavy atom. The molecule has 2 aliphatic heterocycles. The second-order valence-electron chi connectivity index (χ2n) is 9.11. The molecule has 182 valence electrons. The molecule has 3 N–H and O–H groups in total. The number of hydrogen-bond donors (Lipinski definition) is 3. The van der Waals surface area contributed by atoms with Crippen LogP contribution in [0.25, 0.3) is 0 Å². The van der Waals surface area contributed by atoms with Gasteiger partial charge in [0, 0.05) is 25.6 Å². The van der Waals surface area contributed by atoms with Crippen LogP contribution in [0.2, 0.25) is 0 Å². The lowest BCUT2D eigenvalue weighted by Gasteiger charge is -2.35. The van der Waals surface area contributed by atoms with Gasteiger partial charge < -0.3 is 15.0 Å². The average molecular weight is 483 g/mol. The number of unbranched alkanes of at least 4 members (excludes halogenated alkanes) is 2. The summed E-state index contributed by atoms with van der Waals surface area (Å²) in [7, 11) is -3.57. The van der Waals surface area contributed by atoms with E-state index in [1.165, 1.54) is 11.0 Å². The van der Waals surface area contributed by atoms with Gasteiger partial charge >= 0.3 is 6.03 Å². The number of imide groups is 1. The SMILES string of the molecule is O=C1CN(CCCCCS(=O)(=O)N[C@@H](c2ccc(F)c(OCC3CC3)c2)C2CNC2)C(=O)N1. The molecule has 1 saturated carbocycles. The number of halogens is 1. The van der Waals surface area contributed by atoms with Crippen LogP contribution in [-0.2, 0) is 14.8 Å². The molecule has 2 heterocycles. The molecule has 1 aromatic rings. The summed E-state index contributed by atoms with van der Waals surface area (Å²) in [4.78, 5) is 24.2. The normalized spacial score (nSPS) is 20.0. The summed E-state index contributed by atoms with van der Waals surface area (Å²) in [5.41, 5.74) is 0.696. The Balaban J connectivity index is 1.30. The van der Waals surface area contributed by atoms with E-state index in [2.05, 4.69) is 15.4 Å². The van der Waals surface area contributed by atoms with E-state index < -0.39 is 27.9 Å². The molecule has 0 radical (unpaired) electrons. The zero-order chi connectivity index (χ0) is 23.4. The van der Waals surface area contributed by atoms with Gasteiger partial charge in [0.2, 0.25) is 15.9 Å². The van der Waals surface area contributed by atoms with Crippen molar-refractivity contribution in [2.75, 3.05) is 38.5 Å². The lowest BCUT2D eigenvalue weighted by molar-refractivity contribution is -0.118. The third-order valence-electron chi connectivity index (χ3n) is 6.29. The van der Waals surface area contributed by atoms with Gasteiger partial charge in [-0.1, -0.05) is 12.5 Å².